The maximum absolute atomic E-state index is 12.2. The van der Waals surface area contributed by atoms with Gasteiger partial charge in [0.1, 0.15) is 0 Å². The summed E-state index contributed by atoms with van der Waals surface area (Å²) in [5.74, 6) is -0.126. The molecule has 2 nitrogen and oxygen atoms in total. The lowest BCUT2D eigenvalue weighted by Gasteiger charge is -2.29. The Morgan fingerprint density at radius 1 is 1.37 bits per heavy atom. The molecule has 0 spiro atoms. The maximum atomic E-state index is 12.2. The van der Waals surface area contributed by atoms with Crippen molar-refractivity contribution in [1.29, 1.82) is 0 Å². The highest BCUT2D eigenvalue weighted by Crippen LogP contribution is 2.28. The van der Waals surface area contributed by atoms with E-state index in [1.54, 1.807) is 12.1 Å². The number of rotatable bonds is 6. The Kier molecular flexibility index (Phi) is 6.84. The van der Waals surface area contributed by atoms with Crippen LogP contribution in [0, 0.1) is 5.41 Å². The molecule has 0 heterocycles. The predicted octanol–water partition coefficient (Wildman–Crippen LogP) is 5.03. The van der Waals surface area contributed by atoms with Gasteiger partial charge in [0, 0.05) is 16.3 Å². The number of nitrogens with one attached hydrogen (secondary N) is 1. The minimum Gasteiger partial charge on any atom is -0.351 e. The van der Waals surface area contributed by atoms with E-state index in [-0.39, 0.29) is 11.3 Å². The first-order chi connectivity index (χ1) is 8.98. The number of benzene rings is 1. The summed E-state index contributed by atoms with van der Waals surface area (Å²) < 4.78 is 0.847. The molecule has 1 aromatic rings. The van der Waals surface area contributed by atoms with Crippen molar-refractivity contribution >= 4 is 49.4 Å². The maximum Gasteiger partial charge on any atom is 0.252 e. The number of hydrogen-bond donors (Lipinski definition) is 1. The fourth-order valence-electron chi connectivity index (χ4n) is 1.77. The minimum atomic E-state index is -0.126. The third-order valence-electron chi connectivity index (χ3n) is 3.58. The molecule has 0 saturated carbocycles. The molecule has 1 N–H and O–H groups in total. The molecule has 19 heavy (non-hydrogen) atoms. The Balaban J connectivity index is 2.77. The van der Waals surface area contributed by atoms with Crippen molar-refractivity contribution in [2.45, 2.75) is 26.7 Å². The van der Waals surface area contributed by atoms with Gasteiger partial charge in [0.15, 0.2) is 0 Å². The summed E-state index contributed by atoms with van der Waals surface area (Å²) in [6.45, 7) is 4.93. The molecule has 0 fully saturated rings. The van der Waals surface area contributed by atoms with Crippen molar-refractivity contribution in [3.8, 4) is 0 Å². The fourth-order valence-corrected chi connectivity index (χ4v) is 3.33. The zero-order valence-electron chi connectivity index (χ0n) is 11.1. The summed E-state index contributed by atoms with van der Waals surface area (Å²) >= 11 is 12.9. The van der Waals surface area contributed by atoms with Gasteiger partial charge < -0.3 is 5.32 Å². The van der Waals surface area contributed by atoms with Gasteiger partial charge in [-0.1, -0.05) is 57.3 Å². The van der Waals surface area contributed by atoms with E-state index in [9.17, 15) is 4.79 Å². The second-order valence-electron chi connectivity index (χ2n) is 4.65. The van der Waals surface area contributed by atoms with Gasteiger partial charge in [0.05, 0.1) is 10.6 Å². The van der Waals surface area contributed by atoms with Gasteiger partial charge >= 0.3 is 0 Å². The Morgan fingerprint density at radius 2 is 2.00 bits per heavy atom. The van der Waals surface area contributed by atoms with Gasteiger partial charge in [0.2, 0.25) is 0 Å². The molecule has 1 rings (SSSR count). The van der Waals surface area contributed by atoms with E-state index in [1.807, 2.05) is 6.07 Å². The van der Waals surface area contributed by atoms with Gasteiger partial charge in [-0.2, -0.15) is 0 Å². The van der Waals surface area contributed by atoms with E-state index in [1.165, 1.54) is 0 Å². The summed E-state index contributed by atoms with van der Waals surface area (Å²) in [6.07, 6.45) is 2.03. The monoisotopic (exact) mass is 409 g/mol. The molecule has 0 saturated heterocycles. The quantitative estimate of drug-likeness (QED) is 0.654. The molecule has 0 radical (unpaired) electrons. The van der Waals surface area contributed by atoms with E-state index in [0.29, 0.717) is 17.1 Å². The van der Waals surface area contributed by atoms with Crippen molar-refractivity contribution in [3.63, 3.8) is 0 Å². The SMILES string of the molecule is CCC(CC)(CBr)CNC(=O)c1cc(Br)ccc1Cl. The highest BCUT2D eigenvalue weighted by Gasteiger charge is 2.25. The lowest BCUT2D eigenvalue weighted by atomic mass is 9.84. The summed E-state index contributed by atoms with van der Waals surface area (Å²) in [6, 6.07) is 5.28. The van der Waals surface area contributed by atoms with Gasteiger partial charge in [-0.3, -0.25) is 4.79 Å². The summed E-state index contributed by atoms with van der Waals surface area (Å²) in [5, 5.41) is 4.33. The standard InChI is InChI=1S/C14H18Br2ClNO/c1-3-14(4-2,8-15)9-18-13(19)11-7-10(16)5-6-12(11)17/h5-7H,3-4,8-9H2,1-2H3,(H,18,19). The Hall–Kier alpha value is -0.0600. The van der Waals surface area contributed by atoms with Crippen LogP contribution in [0.1, 0.15) is 37.0 Å². The average Bonchev–Trinajstić information content (AvgIpc) is 2.43. The Labute approximate surface area is 136 Å². The molecule has 1 amide bonds. The number of alkyl halides is 1. The molecule has 0 aromatic heterocycles. The Bertz CT molecular complexity index is 439. The van der Waals surface area contributed by atoms with Gasteiger partial charge in [0.25, 0.3) is 5.91 Å². The molecule has 1 aromatic carbocycles. The largest absolute Gasteiger partial charge is 0.351 e. The molecular weight excluding hydrogens is 393 g/mol. The predicted molar refractivity (Wildman–Crippen MR) is 88.3 cm³/mol. The van der Waals surface area contributed by atoms with Gasteiger partial charge in [-0.25, -0.2) is 0 Å². The molecule has 106 valence electrons. The summed E-state index contributed by atoms with van der Waals surface area (Å²) in [4.78, 5) is 12.2. The summed E-state index contributed by atoms with van der Waals surface area (Å²) in [5.41, 5.74) is 0.612. The Morgan fingerprint density at radius 3 is 2.53 bits per heavy atom. The zero-order valence-corrected chi connectivity index (χ0v) is 15.0. The highest BCUT2D eigenvalue weighted by atomic mass is 79.9. The van der Waals surface area contributed by atoms with Crippen LogP contribution >= 0.6 is 43.5 Å². The van der Waals surface area contributed by atoms with E-state index in [2.05, 4.69) is 51.0 Å². The number of carbonyl (C=O) groups excluding carboxylic acids is 1. The average molecular weight is 412 g/mol. The van der Waals surface area contributed by atoms with Crippen LogP contribution in [0.15, 0.2) is 22.7 Å². The van der Waals surface area contributed by atoms with Crippen molar-refractivity contribution in [1.82, 2.24) is 5.32 Å². The van der Waals surface area contributed by atoms with Crippen molar-refractivity contribution in [2.75, 3.05) is 11.9 Å². The van der Waals surface area contributed by atoms with Crippen LogP contribution in [-0.4, -0.2) is 17.8 Å². The topological polar surface area (TPSA) is 29.1 Å². The third-order valence-corrected chi connectivity index (χ3v) is 5.59. The molecule has 0 aliphatic rings. The molecule has 0 aliphatic heterocycles. The molecule has 5 heteroatoms. The first-order valence-electron chi connectivity index (χ1n) is 6.27. The van der Waals surface area contributed by atoms with Crippen molar-refractivity contribution in [3.05, 3.63) is 33.3 Å². The molecular formula is C14H18Br2ClNO. The van der Waals surface area contributed by atoms with Crippen molar-refractivity contribution < 1.29 is 4.79 Å². The lowest BCUT2D eigenvalue weighted by molar-refractivity contribution is 0.0932. The first-order valence-corrected chi connectivity index (χ1v) is 8.56. The normalized spacial score (nSPS) is 11.4. The van der Waals surface area contributed by atoms with E-state index < -0.39 is 0 Å². The van der Waals surface area contributed by atoms with E-state index in [4.69, 9.17) is 11.6 Å². The molecule has 0 unspecified atom stereocenters. The number of halogens is 3. The second-order valence-corrected chi connectivity index (χ2v) is 6.53. The number of carbonyl (C=O) groups is 1. The van der Waals surface area contributed by atoms with Crippen LogP contribution in [0.5, 0.6) is 0 Å². The van der Waals surface area contributed by atoms with Crippen LogP contribution in [0.2, 0.25) is 5.02 Å². The third kappa shape index (κ3) is 4.47. The molecule has 0 atom stereocenters. The lowest BCUT2D eigenvalue weighted by Crippen LogP contribution is -2.38. The molecule has 0 aliphatic carbocycles. The number of amides is 1. The first kappa shape index (κ1) is 17.0. The fraction of sp³-hybridized carbons (Fsp3) is 0.500. The second kappa shape index (κ2) is 7.65. The van der Waals surface area contributed by atoms with Crippen LogP contribution in [0.3, 0.4) is 0 Å². The minimum absolute atomic E-state index is 0.105. The van der Waals surface area contributed by atoms with Crippen molar-refractivity contribution in [2.24, 2.45) is 5.41 Å². The highest BCUT2D eigenvalue weighted by molar-refractivity contribution is 9.10. The van der Waals surface area contributed by atoms with Gasteiger partial charge in [-0.15, -0.1) is 0 Å². The van der Waals surface area contributed by atoms with Crippen LogP contribution < -0.4 is 5.32 Å². The van der Waals surface area contributed by atoms with Crippen LogP contribution in [-0.2, 0) is 0 Å². The smallest absolute Gasteiger partial charge is 0.252 e. The van der Waals surface area contributed by atoms with Crippen LogP contribution in [0.4, 0.5) is 0 Å². The van der Waals surface area contributed by atoms with Gasteiger partial charge in [-0.05, 0) is 36.5 Å². The summed E-state index contributed by atoms with van der Waals surface area (Å²) in [7, 11) is 0. The van der Waals surface area contributed by atoms with E-state index in [0.717, 1.165) is 22.6 Å². The number of hydrogen-bond acceptors (Lipinski definition) is 1. The molecule has 0 bridgehead atoms. The van der Waals surface area contributed by atoms with Crippen LogP contribution in [0.25, 0.3) is 0 Å². The van der Waals surface area contributed by atoms with E-state index >= 15 is 0 Å². The zero-order chi connectivity index (χ0) is 14.5.